The fourth-order valence-electron chi connectivity index (χ4n) is 3.06. The molecule has 0 aliphatic heterocycles. The van der Waals surface area contributed by atoms with E-state index in [9.17, 15) is 4.79 Å². The molecule has 0 N–H and O–H groups in total. The predicted molar refractivity (Wildman–Crippen MR) is 94.1 cm³/mol. The lowest BCUT2D eigenvalue weighted by Gasteiger charge is -2.27. The monoisotopic (exact) mass is 394 g/mol. The van der Waals surface area contributed by atoms with Crippen LogP contribution in [0.5, 0.6) is 5.75 Å². The van der Waals surface area contributed by atoms with Crippen molar-refractivity contribution in [2.75, 3.05) is 0 Å². The average molecular weight is 394 g/mol. The molecule has 1 fully saturated rings. The first-order chi connectivity index (χ1) is 10.2. The summed E-state index contributed by atoms with van der Waals surface area (Å²) in [7, 11) is 0. The number of fused-ring (bicyclic) bond motifs is 1. The Kier molecular flexibility index (Phi) is 4.48. The summed E-state index contributed by atoms with van der Waals surface area (Å²) in [5, 5.41) is 2.10. The van der Waals surface area contributed by atoms with E-state index in [1.165, 1.54) is 12.8 Å². The molecule has 1 aliphatic carbocycles. The zero-order chi connectivity index (χ0) is 14.8. The van der Waals surface area contributed by atoms with Gasteiger partial charge in [0.1, 0.15) is 5.75 Å². The maximum atomic E-state index is 11.3. The van der Waals surface area contributed by atoms with Crippen LogP contribution >= 0.6 is 22.6 Å². The van der Waals surface area contributed by atoms with Crippen LogP contribution in [-0.2, 0) is 0 Å². The molecule has 0 radical (unpaired) electrons. The zero-order valence-corrected chi connectivity index (χ0v) is 14.3. The summed E-state index contributed by atoms with van der Waals surface area (Å²) >= 11 is 2.30. The summed E-state index contributed by atoms with van der Waals surface area (Å²) in [5.41, 5.74) is 0.736. The summed E-state index contributed by atoms with van der Waals surface area (Å²) in [4.78, 5) is 11.3. The Hall–Kier alpha value is -1.10. The van der Waals surface area contributed by atoms with Gasteiger partial charge in [-0.05, 0) is 65.6 Å². The molecular weight excluding hydrogens is 375 g/mol. The first-order valence-electron chi connectivity index (χ1n) is 7.52. The van der Waals surface area contributed by atoms with Gasteiger partial charge in [-0.2, -0.15) is 0 Å². The third kappa shape index (κ3) is 3.07. The Morgan fingerprint density at radius 3 is 2.62 bits per heavy atom. The van der Waals surface area contributed by atoms with Crippen LogP contribution in [0.1, 0.15) is 43.0 Å². The second kappa shape index (κ2) is 6.34. The summed E-state index contributed by atoms with van der Waals surface area (Å²) in [6.45, 7) is 2.31. The highest BCUT2D eigenvalue weighted by Crippen LogP contribution is 2.34. The van der Waals surface area contributed by atoms with Gasteiger partial charge in [-0.15, -0.1) is 0 Å². The molecule has 110 valence electrons. The van der Waals surface area contributed by atoms with Crippen LogP contribution in [0.25, 0.3) is 10.8 Å². The zero-order valence-electron chi connectivity index (χ0n) is 12.1. The number of carbonyl (C=O) groups excluding carboxylic acids is 1. The third-order valence-electron chi connectivity index (χ3n) is 4.36. The highest BCUT2D eigenvalue weighted by molar-refractivity contribution is 14.1. The van der Waals surface area contributed by atoms with Crippen molar-refractivity contribution in [2.45, 2.75) is 38.7 Å². The van der Waals surface area contributed by atoms with Crippen LogP contribution in [0.2, 0.25) is 0 Å². The second-order valence-corrected chi connectivity index (χ2v) is 7.02. The van der Waals surface area contributed by atoms with Crippen molar-refractivity contribution in [3.05, 3.63) is 39.5 Å². The van der Waals surface area contributed by atoms with Crippen molar-refractivity contribution in [1.29, 1.82) is 0 Å². The molecule has 1 saturated carbocycles. The highest BCUT2D eigenvalue weighted by atomic mass is 127. The van der Waals surface area contributed by atoms with Crippen molar-refractivity contribution in [3.63, 3.8) is 0 Å². The van der Waals surface area contributed by atoms with Gasteiger partial charge in [-0.3, -0.25) is 4.79 Å². The molecule has 0 saturated heterocycles. The minimum Gasteiger partial charge on any atom is -0.489 e. The smallest absolute Gasteiger partial charge is 0.150 e. The minimum absolute atomic E-state index is 0.315. The van der Waals surface area contributed by atoms with Crippen molar-refractivity contribution in [3.8, 4) is 5.75 Å². The van der Waals surface area contributed by atoms with E-state index in [1.54, 1.807) is 0 Å². The average Bonchev–Trinajstić information content (AvgIpc) is 2.51. The molecule has 21 heavy (non-hydrogen) atoms. The van der Waals surface area contributed by atoms with Gasteiger partial charge >= 0.3 is 0 Å². The Morgan fingerprint density at radius 1 is 1.14 bits per heavy atom. The van der Waals surface area contributed by atoms with Crippen LogP contribution in [0, 0.1) is 9.49 Å². The van der Waals surface area contributed by atoms with Crippen LogP contribution in [0.4, 0.5) is 0 Å². The van der Waals surface area contributed by atoms with Gasteiger partial charge in [0.15, 0.2) is 6.29 Å². The Morgan fingerprint density at radius 2 is 1.90 bits per heavy atom. The van der Waals surface area contributed by atoms with Crippen LogP contribution in [-0.4, -0.2) is 12.4 Å². The van der Waals surface area contributed by atoms with Gasteiger partial charge in [-0.1, -0.05) is 31.2 Å². The second-order valence-electron chi connectivity index (χ2n) is 5.94. The lowest BCUT2D eigenvalue weighted by atomic mass is 9.89. The maximum absolute atomic E-state index is 11.3. The molecule has 0 aromatic heterocycles. The summed E-state index contributed by atoms with van der Waals surface area (Å²) in [5.74, 6) is 1.74. The molecule has 0 amide bonds. The lowest BCUT2D eigenvalue weighted by Crippen LogP contribution is -2.23. The first-order valence-corrected chi connectivity index (χ1v) is 8.60. The molecule has 0 unspecified atom stereocenters. The predicted octanol–water partition coefficient (Wildman–Crippen LogP) is 5.21. The molecule has 0 bridgehead atoms. The normalized spacial score (nSPS) is 22.2. The van der Waals surface area contributed by atoms with Crippen LogP contribution in [0.3, 0.4) is 0 Å². The van der Waals surface area contributed by atoms with E-state index >= 15 is 0 Å². The largest absolute Gasteiger partial charge is 0.489 e. The van der Waals surface area contributed by atoms with Gasteiger partial charge in [-0.25, -0.2) is 0 Å². The number of rotatable bonds is 3. The number of benzene rings is 2. The molecule has 0 heterocycles. The summed E-state index contributed by atoms with van der Waals surface area (Å²) in [6, 6.07) is 9.91. The summed E-state index contributed by atoms with van der Waals surface area (Å²) in [6.07, 6.45) is 5.99. The van der Waals surface area contributed by atoms with E-state index in [-0.39, 0.29) is 0 Å². The van der Waals surface area contributed by atoms with E-state index in [4.69, 9.17) is 4.74 Å². The van der Waals surface area contributed by atoms with Gasteiger partial charge < -0.3 is 4.74 Å². The molecule has 2 aromatic rings. The maximum Gasteiger partial charge on any atom is 0.150 e. The van der Waals surface area contributed by atoms with E-state index in [2.05, 4.69) is 29.5 Å². The number of hydrogen-bond donors (Lipinski definition) is 0. The standard InChI is InChI=1S/C18H19IO2/c1-12-5-8-15(9-6-12)21-16-10-7-13-3-2-4-14(11-20)17(13)18(16)19/h2-4,7,10-12,15H,5-6,8-9H2,1H3. The molecule has 1 aliphatic rings. The van der Waals surface area contributed by atoms with E-state index < -0.39 is 0 Å². The highest BCUT2D eigenvalue weighted by Gasteiger charge is 2.21. The van der Waals surface area contributed by atoms with Crippen molar-refractivity contribution in [2.24, 2.45) is 5.92 Å². The van der Waals surface area contributed by atoms with Crippen molar-refractivity contribution in [1.82, 2.24) is 0 Å². The molecule has 2 nitrogen and oxygen atoms in total. The molecular formula is C18H19IO2. The van der Waals surface area contributed by atoms with E-state index in [1.807, 2.05) is 30.3 Å². The molecule has 3 heteroatoms. The van der Waals surface area contributed by atoms with Crippen molar-refractivity contribution >= 4 is 39.6 Å². The van der Waals surface area contributed by atoms with Crippen LogP contribution < -0.4 is 4.74 Å². The quantitative estimate of drug-likeness (QED) is 0.528. The third-order valence-corrected chi connectivity index (χ3v) is 5.43. The molecule has 2 aromatic carbocycles. The minimum atomic E-state index is 0.315. The number of ether oxygens (including phenoxy) is 1. The molecule has 0 atom stereocenters. The number of aldehydes is 1. The van der Waals surface area contributed by atoms with E-state index in [0.717, 1.165) is 50.7 Å². The number of carbonyl (C=O) groups is 1. The van der Waals surface area contributed by atoms with Crippen LogP contribution in [0.15, 0.2) is 30.3 Å². The lowest BCUT2D eigenvalue weighted by molar-refractivity contribution is 0.112. The molecule has 3 rings (SSSR count). The van der Waals surface area contributed by atoms with Gasteiger partial charge in [0, 0.05) is 10.9 Å². The SMILES string of the molecule is CC1CCC(Oc2ccc3cccc(C=O)c3c2I)CC1. The first kappa shape index (κ1) is 14.8. The fraction of sp³-hybridized carbons (Fsp3) is 0.389. The Bertz CT molecular complexity index is 658. The Labute approximate surface area is 139 Å². The summed E-state index contributed by atoms with van der Waals surface area (Å²) < 4.78 is 7.27. The Balaban J connectivity index is 1.92. The fourth-order valence-corrected chi connectivity index (χ4v) is 3.99. The van der Waals surface area contributed by atoms with Gasteiger partial charge in [0.2, 0.25) is 0 Å². The molecule has 0 spiro atoms. The topological polar surface area (TPSA) is 26.3 Å². The number of halogens is 1. The van der Waals surface area contributed by atoms with E-state index in [0.29, 0.717) is 6.10 Å². The van der Waals surface area contributed by atoms with Gasteiger partial charge in [0.25, 0.3) is 0 Å². The van der Waals surface area contributed by atoms with Gasteiger partial charge in [0.05, 0.1) is 9.67 Å². The number of hydrogen-bond acceptors (Lipinski definition) is 2. The van der Waals surface area contributed by atoms with Crippen molar-refractivity contribution < 1.29 is 9.53 Å².